The Labute approximate surface area is 154 Å². The molecule has 0 fully saturated rings. The van der Waals surface area contributed by atoms with Crippen molar-refractivity contribution in [1.29, 1.82) is 5.26 Å². The van der Waals surface area contributed by atoms with Crippen LogP contribution in [0, 0.1) is 21.4 Å². The lowest BCUT2D eigenvalue weighted by Crippen LogP contribution is -2.25. The largest absolute Gasteiger partial charge is 0.313 e. The maximum absolute atomic E-state index is 12.2. The van der Waals surface area contributed by atoms with Crippen LogP contribution in [0.15, 0.2) is 30.3 Å². The van der Waals surface area contributed by atoms with Crippen molar-refractivity contribution in [3.8, 4) is 6.07 Å². The van der Waals surface area contributed by atoms with Gasteiger partial charge >= 0.3 is 0 Å². The van der Waals surface area contributed by atoms with Crippen LogP contribution in [0.2, 0.25) is 0 Å². The maximum Gasteiger partial charge on any atom is 0.270 e. The highest BCUT2D eigenvalue weighted by Gasteiger charge is 2.23. The minimum atomic E-state index is -0.482. The van der Waals surface area contributed by atoms with E-state index in [0.717, 1.165) is 30.0 Å². The summed E-state index contributed by atoms with van der Waals surface area (Å²) < 4.78 is 0. The molecule has 1 aliphatic rings. The zero-order chi connectivity index (χ0) is 18.7. The van der Waals surface area contributed by atoms with Crippen LogP contribution >= 0.6 is 11.3 Å². The highest BCUT2D eigenvalue weighted by molar-refractivity contribution is 7.16. The highest BCUT2D eigenvalue weighted by Crippen LogP contribution is 2.36. The number of carbonyl (C=O) groups is 1. The lowest BCUT2D eigenvalue weighted by molar-refractivity contribution is -0.384. The number of fused-ring (bicyclic) bond motifs is 1. The smallest absolute Gasteiger partial charge is 0.270 e. The molecule has 0 atom stereocenters. The Morgan fingerprint density at radius 1 is 1.50 bits per heavy atom. The molecule has 132 valence electrons. The number of nitriles is 1. The molecule has 0 spiro atoms. The van der Waals surface area contributed by atoms with Gasteiger partial charge in [-0.2, -0.15) is 5.26 Å². The number of nitrogens with zero attached hydrogens (tertiary/aromatic N) is 3. The van der Waals surface area contributed by atoms with Crippen LogP contribution in [0.3, 0.4) is 0 Å². The van der Waals surface area contributed by atoms with Crippen molar-refractivity contribution >= 4 is 34.0 Å². The molecule has 2 heterocycles. The highest BCUT2D eigenvalue weighted by atomic mass is 32.1. The summed E-state index contributed by atoms with van der Waals surface area (Å²) in [4.78, 5) is 25.8. The van der Waals surface area contributed by atoms with E-state index in [-0.39, 0.29) is 11.6 Å². The predicted molar refractivity (Wildman–Crippen MR) is 99.8 cm³/mol. The molecule has 0 unspecified atom stereocenters. The molecule has 1 aromatic carbocycles. The number of thiophene rings is 1. The summed E-state index contributed by atoms with van der Waals surface area (Å²) in [6.07, 6.45) is 3.62. The summed E-state index contributed by atoms with van der Waals surface area (Å²) in [6, 6.07) is 8.22. The molecule has 1 N–H and O–H groups in total. The number of likely N-dealkylation sites (N-methyl/N-ethyl adjacent to an activating group) is 1. The molecule has 2 aromatic rings. The second kappa shape index (κ2) is 7.47. The summed E-state index contributed by atoms with van der Waals surface area (Å²) in [7, 11) is 2.02. The zero-order valence-corrected chi connectivity index (χ0v) is 14.9. The Morgan fingerprint density at radius 2 is 2.31 bits per heavy atom. The second-order valence-corrected chi connectivity index (χ2v) is 7.09. The van der Waals surface area contributed by atoms with Crippen molar-refractivity contribution < 1.29 is 9.72 Å². The Morgan fingerprint density at radius 3 is 3.04 bits per heavy atom. The van der Waals surface area contributed by atoms with Crippen molar-refractivity contribution in [2.24, 2.45) is 0 Å². The molecule has 1 aliphatic heterocycles. The van der Waals surface area contributed by atoms with Crippen LogP contribution in [0.25, 0.3) is 6.08 Å². The van der Waals surface area contributed by atoms with E-state index in [1.165, 1.54) is 35.6 Å². The lowest BCUT2D eigenvalue weighted by Gasteiger charge is -2.21. The van der Waals surface area contributed by atoms with Crippen LogP contribution in [0.5, 0.6) is 0 Å². The predicted octanol–water partition coefficient (Wildman–Crippen LogP) is 3.17. The summed E-state index contributed by atoms with van der Waals surface area (Å²) >= 11 is 1.43. The van der Waals surface area contributed by atoms with Gasteiger partial charge in [-0.25, -0.2) is 0 Å². The fourth-order valence-corrected chi connectivity index (χ4v) is 4.09. The van der Waals surface area contributed by atoms with Crippen molar-refractivity contribution in [2.45, 2.75) is 13.0 Å². The third-order valence-electron chi connectivity index (χ3n) is 4.10. The Kier molecular flexibility index (Phi) is 5.11. The molecule has 26 heavy (non-hydrogen) atoms. The van der Waals surface area contributed by atoms with Gasteiger partial charge in [-0.15, -0.1) is 11.3 Å². The minimum Gasteiger partial charge on any atom is -0.313 e. The number of nitro groups is 1. The summed E-state index contributed by atoms with van der Waals surface area (Å²) in [5.41, 5.74) is 2.08. The first-order valence-corrected chi connectivity index (χ1v) is 8.76. The average molecular weight is 368 g/mol. The molecular weight excluding hydrogens is 352 g/mol. The number of anilines is 1. The number of non-ortho nitro benzene ring substituents is 1. The molecule has 8 heteroatoms. The van der Waals surface area contributed by atoms with Gasteiger partial charge in [-0.3, -0.25) is 14.9 Å². The van der Waals surface area contributed by atoms with Gasteiger partial charge in [-0.1, -0.05) is 12.1 Å². The molecule has 0 saturated carbocycles. The van der Waals surface area contributed by atoms with Gasteiger partial charge in [0, 0.05) is 36.2 Å². The number of nitrogens with one attached hydrogen (secondary N) is 1. The number of hydrogen-bond acceptors (Lipinski definition) is 6. The maximum atomic E-state index is 12.2. The van der Waals surface area contributed by atoms with Crippen LogP contribution in [-0.4, -0.2) is 29.3 Å². The van der Waals surface area contributed by atoms with Crippen LogP contribution < -0.4 is 5.32 Å². The molecule has 7 nitrogen and oxygen atoms in total. The van der Waals surface area contributed by atoms with Crippen LogP contribution in [-0.2, 0) is 17.8 Å². The number of benzene rings is 1. The van der Waals surface area contributed by atoms with E-state index >= 15 is 0 Å². The van der Waals surface area contributed by atoms with Gasteiger partial charge in [0.05, 0.1) is 10.5 Å². The number of carbonyl (C=O) groups excluding carboxylic acids is 1. The third kappa shape index (κ3) is 3.79. The number of rotatable bonds is 4. The van der Waals surface area contributed by atoms with Crippen LogP contribution in [0.1, 0.15) is 21.6 Å². The molecule has 3 rings (SSSR count). The molecule has 0 radical (unpaired) electrons. The Balaban J connectivity index is 1.76. The van der Waals surface area contributed by atoms with Gasteiger partial charge < -0.3 is 10.2 Å². The molecule has 0 saturated heterocycles. The first-order valence-electron chi connectivity index (χ1n) is 7.94. The minimum absolute atomic E-state index is 0.0330. The molecular formula is C18H16N4O3S. The van der Waals surface area contributed by atoms with Gasteiger partial charge in [0.1, 0.15) is 11.1 Å². The second-order valence-electron chi connectivity index (χ2n) is 5.98. The first kappa shape index (κ1) is 17.8. The summed E-state index contributed by atoms with van der Waals surface area (Å²) in [5, 5.41) is 23.6. The van der Waals surface area contributed by atoms with E-state index in [2.05, 4.69) is 16.3 Å². The first-order chi connectivity index (χ1) is 12.5. The number of amides is 1. The van der Waals surface area contributed by atoms with E-state index in [0.29, 0.717) is 16.1 Å². The summed E-state index contributed by atoms with van der Waals surface area (Å²) in [6.45, 7) is 1.66. The molecule has 1 amide bonds. The van der Waals surface area contributed by atoms with Crippen molar-refractivity contribution in [3.05, 3.63) is 62.0 Å². The molecule has 0 aliphatic carbocycles. The van der Waals surface area contributed by atoms with Gasteiger partial charge in [-0.05, 0) is 30.7 Å². The van der Waals surface area contributed by atoms with E-state index in [1.54, 1.807) is 12.1 Å². The normalized spacial score (nSPS) is 14.0. The van der Waals surface area contributed by atoms with Gasteiger partial charge in [0.25, 0.3) is 5.69 Å². The third-order valence-corrected chi connectivity index (χ3v) is 5.24. The van der Waals surface area contributed by atoms with Gasteiger partial charge in [0.15, 0.2) is 0 Å². The monoisotopic (exact) mass is 368 g/mol. The topological polar surface area (TPSA) is 99.3 Å². The molecule has 1 aromatic heterocycles. The average Bonchev–Trinajstić information content (AvgIpc) is 2.96. The van der Waals surface area contributed by atoms with Crippen LogP contribution in [0.4, 0.5) is 10.7 Å². The number of nitro benzene ring substituents is 1. The fourth-order valence-electron chi connectivity index (χ4n) is 2.81. The lowest BCUT2D eigenvalue weighted by atomic mass is 10.0. The van der Waals surface area contributed by atoms with Crippen molar-refractivity contribution in [3.63, 3.8) is 0 Å². The Bertz CT molecular complexity index is 942. The van der Waals surface area contributed by atoms with E-state index in [9.17, 15) is 20.2 Å². The fraction of sp³-hybridized carbons (Fsp3) is 0.222. The van der Waals surface area contributed by atoms with E-state index in [1.807, 2.05) is 7.05 Å². The molecule has 0 bridgehead atoms. The van der Waals surface area contributed by atoms with Gasteiger partial charge in [0.2, 0.25) is 5.91 Å². The number of hydrogen-bond donors (Lipinski definition) is 1. The Hall–Kier alpha value is -3.02. The SMILES string of the molecule is CN1CCc2c(sc(NC(=O)/C=C\c3cccc([N+](=O)[O-])c3)c2C#N)C1. The van der Waals surface area contributed by atoms with E-state index in [4.69, 9.17) is 0 Å². The zero-order valence-electron chi connectivity index (χ0n) is 14.1. The standard InChI is InChI=1S/C18H16N4O3S/c1-21-8-7-14-15(10-19)18(26-16(14)11-21)20-17(23)6-5-12-3-2-4-13(9-12)22(24)25/h2-6,9H,7-8,11H2,1H3,(H,20,23)/b6-5-. The quantitative estimate of drug-likeness (QED) is 0.508. The van der Waals surface area contributed by atoms with E-state index < -0.39 is 4.92 Å². The van der Waals surface area contributed by atoms with Crippen molar-refractivity contribution in [1.82, 2.24) is 4.90 Å². The summed E-state index contributed by atoms with van der Waals surface area (Å²) in [5.74, 6) is -0.375. The van der Waals surface area contributed by atoms with Crippen molar-refractivity contribution in [2.75, 3.05) is 18.9 Å².